The fourth-order valence-electron chi connectivity index (χ4n) is 7.28. The maximum atomic E-state index is 14.7. The molecule has 1 saturated heterocycles. The summed E-state index contributed by atoms with van der Waals surface area (Å²) in [5.74, 6) is -5.57. The lowest BCUT2D eigenvalue weighted by atomic mass is 9.78. The third-order valence-corrected chi connectivity index (χ3v) is 13.6. The zero-order valence-electron chi connectivity index (χ0n) is 37.9. The number of phenols is 3. The molecule has 1 aliphatic rings. The number of halogens is 5. The molecule has 0 saturated carbocycles. The van der Waals surface area contributed by atoms with Gasteiger partial charge in [-0.05, 0) is 136 Å². The zero-order valence-corrected chi connectivity index (χ0v) is 43.1. The van der Waals surface area contributed by atoms with Crippen molar-refractivity contribution in [2.45, 2.75) is 103 Å². The Balaban J connectivity index is 1.36. The fourth-order valence-corrected chi connectivity index (χ4v) is 8.88. The molecule has 0 aliphatic carbocycles. The van der Waals surface area contributed by atoms with Crippen molar-refractivity contribution in [3.8, 4) is 17.2 Å². The summed E-state index contributed by atoms with van der Waals surface area (Å²) in [7, 11) is -0.674. The number of H-pyrrole nitrogens is 1. The number of benzene rings is 4. The van der Waals surface area contributed by atoms with E-state index >= 15 is 0 Å². The third kappa shape index (κ3) is 12.3. The topological polar surface area (TPSA) is 228 Å². The molecule has 1 aliphatic heterocycles. The van der Waals surface area contributed by atoms with Crippen molar-refractivity contribution < 1.29 is 48.6 Å². The minimum absolute atomic E-state index is 0.0235. The molecular weight excluding hydrogens is 1070 g/mol. The lowest BCUT2D eigenvalue weighted by Crippen LogP contribution is -2.59. The van der Waals surface area contributed by atoms with E-state index in [2.05, 4.69) is 26.3 Å². The molecule has 0 bridgehead atoms. The molecule has 6 rings (SSSR count). The predicted octanol–water partition coefficient (Wildman–Crippen LogP) is 7.08. The monoisotopic (exact) mass is 1120 g/mol. The first kappa shape index (κ1) is 52.6. The molecule has 0 unspecified atom stereocenters. The van der Waals surface area contributed by atoms with E-state index in [1.807, 2.05) is 62.4 Å². The Kier molecular flexibility index (Phi) is 16.0. The van der Waals surface area contributed by atoms with Crippen LogP contribution in [0.2, 0.25) is 20.1 Å². The number of aromatic amines is 1. The molecule has 0 spiro atoms. The average molecular weight is 1120 g/mol. The highest BCUT2D eigenvalue weighted by Gasteiger charge is 2.51. The molecule has 5 aromatic rings. The summed E-state index contributed by atoms with van der Waals surface area (Å²) < 4.78 is 13.0. The van der Waals surface area contributed by atoms with Crippen LogP contribution < -0.4 is 26.7 Å². The first-order valence-corrected chi connectivity index (χ1v) is 23.8. The number of hydrogen-bond acceptors (Lipinski definition) is 10. The van der Waals surface area contributed by atoms with Gasteiger partial charge in [0.25, 0.3) is 5.91 Å². The van der Waals surface area contributed by atoms with Crippen molar-refractivity contribution >= 4 is 122 Å². The maximum Gasteiger partial charge on any atom is 0.494 e. The number of carbonyl (C=O) groups excluding carboxylic acids is 5. The second-order valence-electron chi connectivity index (χ2n) is 18.5. The van der Waals surface area contributed by atoms with Gasteiger partial charge in [0.2, 0.25) is 23.5 Å². The Labute approximate surface area is 426 Å². The molecule has 360 valence electrons. The Morgan fingerprint density at radius 1 is 0.691 bits per heavy atom. The highest BCUT2D eigenvalue weighted by atomic mass is 127. The van der Waals surface area contributed by atoms with Crippen molar-refractivity contribution in [1.82, 2.24) is 26.3 Å². The highest BCUT2D eigenvalue weighted by Crippen LogP contribution is 2.37. The van der Waals surface area contributed by atoms with Crippen molar-refractivity contribution in [2.24, 2.45) is 0 Å². The molecule has 68 heavy (non-hydrogen) atoms. The molecule has 0 radical (unpaired) electrons. The summed E-state index contributed by atoms with van der Waals surface area (Å²) in [5.41, 5.74) is 0.612. The van der Waals surface area contributed by atoms with E-state index in [0.717, 1.165) is 17.6 Å². The number of Topliss-reactive ketones (excluding diaryl/α,β-unsaturated/α-hetero) is 1. The Bertz CT molecular complexity index is 2760. The smallest absolute Gasteiger partial charge is 0.494 e. The van der Waals surface area contributed by atoms with Gasteiger partial charge in [-0.25, -0.2) is 0 Å². The van der Waals surface area contributed by atoms with Crippen molar-refractivity contribution in [3.05, 3.63) is 113 Å². The Hall–Kier alpha value is -4.76. The summed E-state index contributed by atoms with van der Waals surface area (Å²) in [6.45, 7) is 13.1. The van der Waals surface area contributed by atoms with E-state index in [1.54, 1.807) is 45.2 Å². The van der Waals surface area contributed by atoms with Gasteiger partial charge in [0, 0.05) is 47.5 Å². The van der Waals surface area contributed by atoms with E-state index in [9.17, 15) is 39.3 Å². The van der Waals surface area contributed by atoms with Crippen LogP contribution in [0.3, 0.4) is 0 Å². The largest absolute Gasteiger partial charge is 0.507 e. The number of amides is 4. The maximum absolute atomic E-state index is 14.7. The number of rotatable bonds is 15. The van der Waals surface area contributed by atoms with Gasteiger partial charge in [-0.15, -0.1) is 0 Å². The number of carbonyl (C=O) groups is 5. The number of nitrogens with one attached hydrogen (secondary N) is 5. The van der Waals surface area contributed by atoms with Gasteiger partial charge in [0.15, 0.2) is 11.5 Å². The van der Waals surface area contributed by atoms with Crippen LogP contribution in [0.4, 0.5) is 0 Å². The minimum atomic E-state index is -1.54. The normalized spacial score (nSPS) is 15.6. The molecule has 1 aromatic heterocycles. The average Bonchev–Trinajstić information content (AvgIpc) is 3.75. The Morgan fingerprint density at radius 3 is 1.75 bits per heavy atom. The number of aromatic hydroxyl groups is 3. The lowest BCUT2D eigenvalue weighted by molar-refractivity contribution is -0.133. The molecule has 2 heterocycles. The second kappa shape index (κ2) is 20.7. The van der Waals surface area contributed by atoms with Gasteiger partial charge in [0.1, 0.15) is 23.9 Å². The van der Waals surface area contributed by atoms with Gasteiger partial charge in [-0.2, -0.15) is 0 Å². The summed E-state index contributed by atoms with van der Waals surface area (Å²) in [5, 5.41) is 41.3. The molecule has 1 fully saturated rings. The van der Waals surface area contributed by atoms with Crippen LogP contribution in [0.5, 0.6) is 17.2 Å². The molecule has 15 nitrogen and oxygen atoms in total. The predicted molar refractivity (Wildman–Crippen MR) is 270 cm³/mol. The molecule has 3 atom stereocenters. The second-order valence-corrected chi connectivity index (χ2v) is 21.3. The molecule has 21 heteroatoms. The van der Waals surface area contributed by atoms with Crippen LogP contribution in [0, 0.1) is 3.57 Å². The number of hydrogen-bond donors (Lipinski definition) is 8. The standard InChI is InChI=1S/C47H49BCl4IN5O10/c1-45(2,3)58-43(65)35(15-22-8-11-37(59)32(53)14-22)56-41(63)34(16-23-12-28(49)39(61)29(50)13-23)55-42(64)36(57-44(66)38(60)24-17-30(51)40(62)31(52)18-24)19-25-21-54-33-20-26(9-10-27(25)33)48-67-46(4,5)47(6,7)68-48/h8-14,17-18,20-21,34-36,54,59,61-62H,15-16,19H2,1-7H3,(H,55,64)(H,56,63)(H,57,66)(H,58,65)/t34-,35-,36-/m1/s1. The van der Waals surface area contributed by atoms with Crippen LogP contribution in [-0.4, -0.2) is 91.7 Å². The number of phenolic OH excluding ortho intramolecular Hbond substituents is 3. The molecule has 8 N–H and O–H groups in total. The van der Waals surface area contributed by atoms with Gasteiger partial charge < -0.3 is 50.9 Å². The first-order chi connectivity index (χ1) is 31.6. The highest BCUT2D eigenvalue weighted by molar-refractivity contribution is 14.1. The summed E-state index contributed by atoms with van der Waals surface area (Å²) in [6, 6.07) is 10.8. The van der Waals surface area contributed by atoms with Crippen molar-refractivity contribution in [2.75, 3.05) is 0 Å². The number of fused-ring (bicyclic) bond motifs is 1. The number of aromatic nitrogens is 1. The summed E-state index contributed by atoms with van der Waals surface area (Å²) in [4.78, 5) is 73.7. The van der Waals surface area contributed by atoms with Crippen LogP contribution >= 0.6 is 69.0 Å². The first-order valence-electron chi connectivity index (χ1n) is 21.2. The van der Waals surface area contributed by atoms with E-state index in [-0.39, 0.29) is 50.7 Å². The van der Waals surface area contributed by atoms with Crippen molar-refractivity contribution in [1.29, 1.82) is 0 Å². The van der Waals surface area contributed by atoms with E-state index in [0.29, 0.717) is 31.2 Å². The van der Waals surface area contributed by atoms with E-state index in [1.165, 1.54) is 18.2 Å². The van der Waals surface area contributed by atoms with Gasteiger partial charge >= 0.3 is 7.12 Å². The van der Waals surface area contributed by atoms with Crippen LogP contribution in [0.1, 0.15) is 75.5 Å². The Morgan fingerprint density at radius 2 is 1.21 bits per heavy atom. The van der Waals surface area contributed by atoms with Gasteiger partial charge in [0.05, 0.1) is 34.9 Å². The lowest BCUT2D eigenvalue weighted by Gasteiger charge is -2.32. The van der Waals surface area contributed by atoms with Crippen molar-refractivity contribution in [3.63, 3.8) is 0 Å². The molecule has 4 amide bonds. The number of ketones is 1. The SMILES string of the molecule is CC(C)(C)NC(=O)[C@@H](Cc1ccc(O)c(I)c1)NC(=O)[C@@H](Cc1cc(Cl)c(O)c(Cl)c1)NC(=O)[C@@H](Cc1c[nH]c2cc(B3OC(C)(C)C(C)(C)O3)ccc12)NC(=O)C(=O)c1cc(Cl)c(O)c(Cl)c1. The quantitative estimate of drug-likeness (QED) is 0.0230. The summed E-state index contributed by atoms with van der Waals surface area (Å²) in [6.07, 6.45) is 1.10. The zero-order chi connectivity index (χ0) is 50.2. The summed E-state index contributed by atoms with van der Waals surface area (Å²) >= 11 is 26.7. The molecule has 4 aromatic carbocycles. The fraction of sp³-hybridized carbons (Fsp3) is 0.340. The van der Waals surface area contributed by atoms with Gasteiger partial charge in [-0.1, -0.05) is 64.6 Å². The van der Waals surface area contributed by atoms with Gasteiger partial charge in [-0.3, -0.25) is 24.0 Å². The van der Waals surface area contributed by atoms with Crippen LogP contribution in [-0.2, 0) is 47.7 Å². The van der Waals surface area contributed by atoms with E-state index in [4.69, 9.17) is 55.7 Å². The van der Waals surface area contributed by atoms with Crippen LogP contribution in [0.25, 0.3) is 10.9 Å². The van der Waals surface area contributed by atoms with Crippen LogP contribution in [0.15, 0.2) is 66.9 Å². The third-order valence-electron chi connectivity index (χ3n) is 11.6. The van der Waals surface area contributed by atoms with E-state index < -0.39 is 82.9 Å². The minimum Gasteiger partial charge on any atom is -0.507 e. The molecular formula is C47H49BCl4IN5O10.